The van der Waals surface area contributed by atoms with Gasteiger partial charge in [-0.25, -0.2) is 4.99 Å². The number of hydrogen-bond acceptors (Lipinski definition) is 6. The van der Waals surface area contributed by atoms with Crippen LogP contribution in [0.5, 0.6) is 5.75 Å². The van der Waals surface area contributed by atoms with E-state index < -0.39 is 0 Å². The number of hydrogen-bond donors (Lipinski definition) is 1. The molecule has 7 nitrogen and oxygen atoms in total. The van der Waals surface area contributed by atoms with E-state index in [1.807, 2.05) is 61.4 Å². The van der Waals surface area contributed by atoms with Crippen LogP contribution in [0.1, 0.15) is 46.1 Å². The molecule has 1 aromatic rings. The Labute approximate surface area is 217 Å². The van der Waals surface area contributed by atoms with Crippen LogP contribution in [0, 0.1) is 0 Å². The number of amidine groups is 1. The third kappa shape index (κ3) is 9.99. The Morgan fingerprint density at radius 3 is 2.67 bits per heavy atom. The zero-order chi connectivity index (χ0) is 26.2. The SMILES string of the molecule is C/C=C(\N=C(C)N(CCCN1CCOCC1)C(=O)Cc1cccc(OC)c1)C1=CCNC=C1.CCC. The molecule has 1 fully saturated rings. The maximum Gasteiger partial charge on any atom is 0.232 e. The van der Waals surface area contributed by atoms with E-state index in [1.165, 1.54) is 6.42 Å². The Hall–Kier alpha value is -2.90. The first-order valence-electron chi connectivity index (χ1n) is 13.1. The van der Waals surface area contributed by atoms with Crippen molar-refractivity contribution in [3.63, 3.8) is 0 Å². The maximum absolute atomic E-state index is 13.4. The van der Waals surface area contributed by atoms with E-state index in [4.69, 9.17) is 14.5 Å². The van der Waals surface area contributed by atoms with Gasteiger partial charge in [-0.1, -0.05) is 44.6 Å². The van der Waals surface area contributed by atoms with Crippen LogP contribution in [-0.2, 0) is 16.0 Å². The highest BCUT2D eigenvalue weighted by Gasteiger charge is 2.19. The van der Waals surface area contributed by atoms with Crippen LogP contribution in [0.25, 0.3) is 0 Å². The van der Waals surface area contributed by atoms with Gasteiger partial charge >= 0.3 is 0 Å². The van der Waals surface area contributed by atoms with Gasteiger partial charge in [0.05, 0.1) is 32.4 Å². The summed E-state index contributed by atoms with van der Waals surface area (Å²) in [4.78, 5) is 22.5. The molecule has 0 aliphatic carbocycles. The number of carbonyl (C=O) groups excluding carboxylic acids is 1. The fraction of sp³-hybridized carbons (Fsp3) is 0.517. The number of carbonyl (C=O) groups is 1. The smallest absolute Gasteiger partial charge is 0.232 e. The van der Waals surface area contributed by atoms with Crippen molar-refractivity contribution < 1.29 is 14.3 Å². The van der Waals surface area contributed by atoms with Crippen molar-refractivity contribution in [2.75, 3.05) is 53.0 Å². The van der Waals surface area contributed by atoms with Gasteiger partial charge in [0.1, 0.15) is 11.6 Å². The summed E-state index contributed by atoms with van der Waals surface area (Å²) in [6, 6.07) is 7.68. The van der Waals surface area contributed by atoms with E-state index in [1.54, 1.807) is 7.11 Å². The Kier molecular flexibility index (Phi) is 13.6. The topological polar surface area (TPSA) is 66.4 Å². The van der Waals surface area contributed by atoms with Crippen LogP contribution in [0.3, 0.4) is 0 Å². The van der Waals surface area contributed by atoms with Crippen molar-refractivity contribution in [3.8, 4) is 5.75 Å². The van der Waals surface area contributed by atoms with E-state index >= 15 is 0 Å². The van der Waals surface area contributed by atoms with Crippen LogP contribution in [-0.4, -0.2) is 74.6 Å². The lowest BCUT2D eigenvalue weighted by Gasteiger charge is -2.28. The summed E-state index contributed by atoms with van der Waals surface area (Å²) in [5.41, 5.74) is 2.86. The van der Waals surface area contributed by atoms with Crippen molar-refractivity contribution in [2.24, 2.45) is 4.99 Å². The molecule has 0 aromatic heterocycles. The summed E-state index contributed by atoms with van der Waals surface area (Å²) in [5, 5.41) is 3.16. The van der Waals surface area contributed by atoms with Crippen LogP contribution in [0.15, 0.2) is 65.0 Å². The fourth-order valence-electron chi connectivity index (χ4n) is 3.97. The highest BCUT2D eigenvalue weighted by Crippen LogP contribution is 2.17. The zero-order valence-corrected chi connectivity index (χ0v) is 22.8. The first-order chi connectivity index (χ1) is 17.5. The first kappa shape index (κ1) is 29.3. The van der Waals surface area contributed by atoms with Crippen LogP contribution < -0.4 is 10.1 Å². The minimum absolute atomic E-state index is 0.0387. The lowest BCUT2D eigenvalue weighted by atomic mass is 10.1. The monoisotopic (exact) mass is 496 g/mol. The molecule has 1 N–H and O–H groups in total. The number of nitrogens with zero attached hydrogens (tertiary/aromatic N) is 3. The van der Waals surface area contributed by atoms with Gasteiger partial charge < -0.3 is 19.7 Å². The second-order valence-electron chi connectivity index (χ2n) is 8.82. The van der Waals surface area contributed by atoms with Gasteiger partial charge in [-0.3, -0.25) is 9.69 Å². The Bertz CT molecular complexity index is 930. The summed E-state index contributed by atoms with van der Waals surface area (Å²) in [6.07, 6.45) is 10.5. The minimum atomic E-state index is 0.0387. The largest absolute Gasteiger partial charge is 0.497 e. The number of benzene rings is 1. The highest BCUT2D eigenvalue weighted by atomic mass is 16.5. The standard InChI is InChI=1S/C26H36N4O3.C3H8/c1-4-25(23-9-11-27-12-10-23)28-21(2)30(14-6-13-29-15-17-33-18-16-29)26(31)20-22-7-5-8-24(19-22)32-3;1-3-2/h4-5,7-11,19,27H,6,12-18,20H2,1-3H3;3H2,1-2H3/b25-4-,28-21?;. The molecular formula is C29H44N4O3. The van der Waals surface area contributed by atoms with Gasteiger partial charge in [0.15, 0.2) is 0 Å². The third-order valence-corrected chi connectivity index (χ3v) is 5.81. The van der Waals surface area contributed by atoms with Crippen LogP contribution in [0.4, 0.5) is 0 Å². The number of allylic oxidation sites excluding steroid dienone is 2. The molecule has 36 heavy (non-hydrogen) atoms. The molecule has 198 valence electrons. The van der Waals surface area contributed by atoms with Gasteiger partial charge in [-0.05, 0) is 55.8 Å². The minimum Gasteiger partial charge on any atom is -0.497 e. The van der Waals surface area contributed by atoms with Gasteiger partial charge in [0.2, 0.25) is 5.91 Å². The molecule has 0 radical (unpaired) electrons. The molecule has 1 saturated heterocycles. The van der Waals surface area contributed by atoms with Crippen molar-refractivity contribution in [1.29, 1.82) is 0 Å². The second kappa shape index (κ2) is 16.7. The molecule has 1 amide bonds. The number of dihydropyridines is 1. The molecule has 0 saturated carbocycles. The van der Waals surface area contributed by atoms with Gasteiger partial charge in [0.25, 0.3) is 0 Å². The van der Waals surface area contributed by atoms with E-state index in [-0.39, 0.29) is 5.91 Å². The average molecular weight is 497 g/mol. The zero-order valence-electron chi connectivity index (χ0n) is 22.8. The van der Waals surface area contributed by atoms with Crippen LogP contribution >= 0.6 is 0 Å². The lowest BCUT2D eigenvalue weighted by Crippen LogP contribution is -2.41. The molecule has 1 aromatic carbocycles. The molecule has 2 aliphatic heterocycles. The quantitative estimate of drug-likeness (QED) is 0.401. The highest BCUT2D eigenvalue weighted by molar-refractivity contribution is 5.98. The number of nitrogens with one attached hydrogen (secondary N) is 1. The van der Waals surface area contributed by atoms with Gasteiger partial charge in [-0.2, -0.15) is 0 Å². The summed E-state index contributed by atoms with van der Waals surface area (Å²) in [5.74, 6) is 1.51. The predicted molar refractivity (Wildman–Crippen MR) is 148 cm³/mol. The number of rotatable bonds is 9. The number of morpholine rings is 1. The summed E-state index contributed by atoms with van der Waals surface area (Å²) < 4.78 is 10.8. The number of aliphatic imine (C=N–C) groups is 1. The third-order valence-electron chi connectivity index (χ3n) is 5.81. The number of ether oxygens (including phenoxy) is 2. The number of methoxy groups -OCH3 is 1. The molecule has 2 aliphatic rings. The molecule has 0 atom stereocenters. The Morgan fingerprint density at radius 1 is 1.28 bits per heavy atom. The van der Waals surface area contributed by atoms with Crippen molar-refractivity contribution in [2.45, 2.75) is 47.0 Å². The van der Waals surface area contributed by atoms with E-state index in [0.717, 1.165) is 68.4 Å². The second-order valence-corrected chi connectivity index (χ2v) is 8.82. The van der Waals surface area contributed by atoms with Crippen molar-refractivity contribution >= 4 is 11.7 Å². The molecule has 0 unspecified atom stereocenters. The summed E-state index contributed by atoms with van der Waals surface area (Å²) in [7, 11) is 1.64. The normalized spacial score (nSPS) is 16.4. The molecule has 3 rings (SSSR count). The van der Waals surface area contributed by atoms with E-state index in [9.17, 15) is 4.79 Å². The average Bonchev–Trinajstić information content (AvgIpc) is 2.91. The Balaban J connectivity index is 0.00000145. The van der Waals surface area contributed by atoms with Crippen molar-refractivity contribution in [1.82, 2.24) is 15.1 Å². The van der Waals surface area contributed by atoms with Crippen LogP contribution in [0.2, 0.25) is 0 Å². The summed E-state index contributed by atoms with van der Waals surface area (Å²) in [6.45, 7) is 13.9. The lowest BCUT2D eigenvalue weighted by molar-refractivity contribution is -0.126. The molecule has 0 spiro atoms. The van der Waals surface area contributed by atoms with Gasteiger partial charge in [0, 0.05) is 32.7 Å². The van der Waals surface area contributed by atoms with Crippen molar-refractivity contribution in [3.05, 3.63) is 65.5 Å². The van der Waals surface area contributed by atoms with E-state index in [0.29, 0.717) is 18.8 Å². The summed E-state index contributed by atoms with van der Waals surface area (Å²) >= 11 is 0. The maximum atomic E-state index is 13.4. The van der Waals surface area contributed by atoms with Gasteiger partial charge in [-0.15, -0.1) is 0 Å². The van der Waals surface area contributed by atoms with E-state index in [2.05, 4.69) is 30.1 Å². The molecular weight excluding hydrogens is 452 g/mol. The first-order valence-corrected chi connectivity index (χ1v) is 13.1. The number of amides is 1. The predicted octanol–water partition coefficient (Wildman–Crippen LogP) is 4.57. The Morgan fingerprint density at radius 2 is 2.03 bits per heavy atom. The molecule has 2 heterocycles. The fourth-order valence-corrected chi connectivity index (χ4v) is 3.97. The molecule has 0 bridgehead atoms. The molecule has 7 heteroatoms.